The molecule has 100 valence electrons. The first-order chi connectivity index (χ1) is 8.99. The van der Waals surface area contributed by atoms with Crippen LogP contribution in [0, 0.1) is 0 Å². The molecule has 0 saturated carbocycles. The molecule has 1 aromatic rings. The van der Waals surface area contributed by atoms with Gasteiger partial charge < -0.3 is 9.64 Å². The van der Waals surface area contributed by atoms with E-state index in [2.05, 4.69) is 0 Å². The van der Waals surface area contributed by atoms with Crippen LogP contribution >= 0.6 is 0 Å². The van der Waals surface area contributed by atoms with Crippen molar-refractivity contribution >= 4 is 23.4 Å². The molecule has 0 radical (unpaired) electrons. The molecule has 1 aromatic carbocycles. The summed E-state index contributed by atoms with van der Waals surface area (Å²) < 4.78 is 5.11. The number of Topliss-reactive ketones (excluding diaryl/α,β-unsaturated/α-hetero) is 1. The third-order valence-corrected chi connectivity index (χ3v) is 2.53. The van der Waals surface area contributed by atoms with Crippen molar-refractivity contribution in [2.45, 2.75) is 6.92 Å². The number of ether oxygens (including phenoxy) is 1. The van der Waals surface area contributed by atoms with Crippen LogP contribution in [-0.2, 0) is 9.59 Å². The van der Waals surface area contributed by atoms with E-state index in [4.69, 9.17) is 4.74 Å². The van der Waals surface area contributed by atoms with Crippen LogP contribution in [0.4, 0.5) is 0 Å². The number of carbonyl (C=O) groups excluding carboxylic acids is 2. The van der Waals surface area contributed by atoms with Crippen LogP contribution < -0.4 is 4.74 Å². The molecule has 4 nitrogen and oxygen atoms in total. The smallest absolute Gasteiger partial charge is 0.161 e. The lowest BCUT2D eigenvalue weighted by atomic mass is 9.97. The number of carbonyl (C=O) groups is 1. The highest BCUT2D eigenvalue weighted by Gasteiger charge is 2.12. The quantitative estimate of drug-likeness (QED) is 0.599. The van der Waals surface area contributed by atoms with E-state index in [-0.39, 0.29) is 5.78 Å². The van der Waals surface area contributed by atoms with Crippen LogP contribution in [0.2, 0.25) is 0 Å². The van der Waals surface area contributed by atoms with Gasteiger partial charge in [0.15, 0.2) is 5.78 Å². The summed E-state index contributed by atoms with van der Waals surface area (Å²) in [4.78, 5) is 24.1. The molecule has 19 heavy (non-hydrogen) atoms. The monoisotopic (exact) mass is 259 g/mol. The number of nitrogens with zero attached hydrogens (tertiary/aromatic N) is 1. The van der Waals surface area contributed by atoms with E-state index in [1.54, 1.807) is 42.4 Å². The second kappa shape index (κ2) is 6.57. The zero-order valence-electron chi connectivity index (χ0n) is 11.6. The Kier molecular flexibility index (Phi) is 5.10. The topological polar surface area (TPSA) is 46.6 Å². The summed E-state index contributed by atoms with van der Waals surface area (Å²) in [5.41, 5.74) is 1.83. The van der Waals surface area contributed by atoms with Crippen LogP contribution in [0.3, 0.4) is 0 Å². The highest BCUT2D eigenvalue weighted by Crippen LogP contribution is 2.25. The molecule has 0 heterocycles. The summed E-state index contributed by atoms with van der Waals surface area (Å²) in [5.74, 6) is 2.29. The molecular weight excluding hydrogens is 242 g/mol. The van der Waals surface area contributed by atoms with Crippen molar-refractivity contribution in [2.75, 3.05) is 21.2 Å². The third kappa shape index (κ3) is 3.83. The highest BCUT2D eigenvalue weighted by atomic mass is 16.5. The first-order valence-electron chi connectivity index (χ1n) is 5.78. The molecule has 1 rings (SSSR count). The Morgan fingerprint density at radius 2 is 2.05 bits per heavy atom. The molecule has 0 amide bonds. The lowest BCUT2D eigenvalue weighted by Crippen LogP contribution is -2.07. The summed E-state index contributed by atoms with van der Waals surface area (Å²) in [6.45, 7) is 1.49. The highest BCUT2D eigenvalue weighted by molar-refractivity contribution is 6.20. The largest absolute Gasteiger partial charge is 0.497 e. The molecule has 0 N–H and O–H groups in total. The van der Waals surface area contributed by atoms with Gasteiger partial charge >= 0.3 is 0 Å². The van der Waals surface area contributed by atoms with E-state index in [9.17, 15) is 9.59 Å². The minimum atomic E-state index is -0.0700. The summed E-state index contributed by atoms with van der Waals surface area (Å²) >= 11 is 0. The second-order valence-corrected chi connectivity index (χ2v) is 4.28. The van der Waals surface area contributed by atoms with E-state index < -0.39 is 0 Å². The number of hydrogen-bond donors (Lipinski definition) is 0. The van der Waals surface area contributed by atoms with Gasteiger partial charge in [0.05, 0.1) is 7.11 Å². The molecule has 0 aliphatic rings. The molecule has 0 aliphatic carbocycles. The number of benzene rings is 1. The van der Waals surface area contributed by atoms with Crippen LogP contribution in [0.5, 0.6) is 5.75 Å². The lowest BCUT2D eigenvalue weighted by molar-refractivity contribution is -0.111. The van der Waals surface area contributed by atoms with Crippen LogP contribution in [0.1, 0.15) is 18.1 Å². The van der Waals surface area contributed by atoms with E-state index in [0.29, 0.717) is 22.4 Å². The van der Waals surface area contributed by atoms with Crippen molar-refractivity contribution in [3.8, 4) is 5.75 Å². The fourth-order valence-corrected chi connectivity index (χ4v) is 1.70. The zero-order valence-corrected chi connectivity index (χ0v) is 11.6. The van der Waals surface area contributed by atoms with Gasteiger partial charge in [0.1, 0.15) is 11.7 Å². The van der Waals surface area contributed by atoms with E-state index in [0.717, 1.165) is 0 Å². The average molecular weight is 259 g/mol. The van der Waals surface area contributed by atoms with Gasteiger partial charge in [-0.3, -0.25) is 4.79 Å². The number of ketones is 1. The van der Waals surface area contributed by atoms with E-state index in [1.807, 2.05) is 14.1 Å². The van der Waals surface area contributed by atoms with Gasteiger partial charge in [-0.05, 0) is 36.2 Å². The van der Waals surface area contributed by atoms with Gasteiger partial charge in [0, 0.05) is 31.9 Å². The number of allylic oxidation sites excluding steroid dienone is 1. The van der Waals surface area contributed by atoms with Gasteiger partial charge in [0.25, 0.3) is 0 Å². The Balaban J connectivity index is 3.46. The van der Waals surface area contributed by atoms with Crippen LogP contribution in [-0.4, -0.2) is 37.8 Å². The maximum atomic E-state index is 11.8. The summed E-state index contributed by atoms with van der Waals surface area (Å²) in [7, 11) is 5.22. The first-order valence-corrected chi connectivity index (χ1v) is 5.78. The summed E-state index contributed by atoms with van der Waals surface area (Å²) in [6.07, 6.45) is 3.02. The Morgan fingerprint density at radius 1 is 1.37 bits per heavy atom. The number of methoxy groups -OCH3 is 1. The molecular formula is C15H17NO3. The predicted molar refractivity (Wildman–Crippen MR) is 75.5 cm³/mol. The zero-order chi connectivity index (χ0) is 14.4. The molecule has 0 fully saturated rings. The molecule has 0 aliphatic heterocycles. The molecule has 0 saturated heterocycles. The molecule has 0 atom stereocenters. The Bertz CT molecular complexity index is 553. The fourth-order valence-electron chi connectivity index (χ4n) is 1.70. The summed E-state index contributed by atoms with van der Waals surface area (Å²) in [5, 5.41) is 0. The molecule has 0 unspecified atom stereocenters. The standard InChI is InChI=1S/C15H17NO3/c1-11(18)15(10-16(2)3)14-6-5-13(19-4)9-12(14)7-8-17/h5-7,9-10H,1-4H3. The molecule has 0 bridgehead atoms. The van der Waals surface area contributed by atoms with Crippen molar-refractivity contribution in [1.29, 1.82) is 0 Å². The van der Waals surface area contributed by atoms with Gasteiger partial charge in [-0.15, -0.1) is 0 Å². The van der Waals surface area contributed by atoms with Gasteiger partial charge in [-0.2, -0.15) is 0 Å². The minimum Gasteiger partial charge on any atom is -0.497 e. The Hall–Kier alpha value is -2.32. The van der Waals surface area contributed by atoms with E-state index >= 15 is 0 Å². The Labute approximate surface area is 113 Å². The van der Waals surface area contributed by atoms with Gasteiger partial charge in [-0.1, -0.05) is 0 Å². The third-order valence-electron chi connectivity index (χ3n) is 2.53. The fraction of sp³-hybridized carbons (Fsp3) is 0.267. The van der Waals surface area contributed by atoms with Crippen molar-refractivity contribution in [3.63, 3.8) is 0 Å². The number of hydrogen-bond acceptors (Lipinski definition) is 4. The minimum absolute atomic E-state index is 0.0700. The summed E-state index contributed by atoms with van der Waals surface area (Å²) in [6, 6.07) is 5.22. The average Bonchev–Trinajstić information content (AvgIpc) is 2.36. The first kappa shape index (κ1) is 14.7. The van der Waals surface area contributed by atoms with Crippen molar-refractivity contribution in [3.05, 3.63) is 35.5 Å². The van der Waals surface area contributed by atoms with Gasteiger partial charge in [0.2, 0.25) is 0 Å². The van der Waals surface area contributed by atoms with Gasteiger partial charge in [-0.25, -0.2) is 4.79 Å². The van der Waals surface area contributed by atoms with E-state index in [1.165, 1.54) is 13.0 Å². The molecule has 0 aromatic heterocycles. The van der Waals surface area contributed by atoms with Crippen LogP contribution in [0.25, 0.3) is 11.6 Å². The SMILES string of the molecule is COc1ccc(C(=CN(C)C)C(C)=O)c(C=C=O)c1. The second-order valence-electron chi connectivity index (χ2n) is 4.28. The molecule has 4 heteroatoms. The predicted octanol–water partition coefficient (Wildman–Crippen LogP) is 2.03. The van der Waals surface area contributed by atoms with Crippen molar-refractivity contribution in [2.24, 2.45) is 0 Å². The Morgan fingerprint density at radius 3 is 2.53 bits per heavy atom. The molecule has 0 spiro atoms. The number of rotatable bonds is 5. The van der Waals surface area contributed by atoms with Crippen molar-refractivity contribution in [1.82, 2.24) is 4.90 Å². The van der Waals surface area contributed by atoms with Crippen molar-refractivity contribution < 1.29 is 14.3 Å². The maximum absolute atomic E-state index is 11.8. The van der Waals surface area contributed by atoms with Crippen LogP contribution in [0.15, 0.2) is 24.4 Å². The maximum Gasteiger partial charge on any atom is 0.161 e. The lowest BCUT2D eigenvalue weighted by Gasteiger charge is -2.13. The normalized spacial score (nSPS) is 10.6.